The molecule has 21 heavy (non-hydrogen) atoms. The van der Waals surface area contributed by atoms with Crippen molar-refractivity contribution < 1.29 is 19.2 Å². The van der Waals surface area contributed by atoms with Gasteiger partial charge < -0.3 is 19.3 Å². The van der Waals surface area contributed by atoms with Crippen molar-refractivity contribution in [1.82, 2.24) is 5.16 Å². The van der Waals surface area contributed by atoms with E-state index in [1.165, 1.54) is 0 Å². The number of rotatable bonds is 3. The molecule has 1 aromatic heterocycles. The summed E-state index contributed by atoms with van der Waals surface area (Å²) in [5.41, 5.74) is 1.73. The van der Waals surface area contributed by atoms with E-state index in [-0.39, 0.29) is 18.2 Å². The lowest BCUT2D eigenvalue weighted by Gasteiger charge is -2.31. The second kappa shape index (κ2) is 5.67. The molecule has 1 aromatic carbocycles. The van der Waals surface area contributed by atoms with Crippen LogP contribution in [0.15, 0.2) is 34.9 Å². The summed E-state index contributed by atoms with van der Waals surface area (Å²) in [4.78, 5) is 14.2. The van der Waals surface area contributed by atoms with Crippen LogP contribution in [0.2, 0.25) is 0 Å². The third-order valence-corrected chi connectivity index (χ3v) is 3.52. The molecule has 0 bridgehead atoms. The molecule has 1 aliphatic rings. The Morgan fingerprint density at radius 3 is 3.14 bits per heavy atom. The van der Waals surface area contributed by atoms with Gasteiger partial charge in [0.15, 0.2) is 11.5 Å². The van der Waals surface area contributed by atoms with Crippen molar-refractivity contribution in [2.24, 2.45) is 0 Å². The van der Waals surface area contributed by atoms with Crippen LogP contribution in [0.3, 0.4) is 0 Å². The number of para-hydroxylation sites is 1. The number of anilines is 1. The number of benzene rings is 1. The van der Waals surface area contributed by atoms with Crippen LogP contribution in [0.25, 0.3) is 0 Å². The molecule has 3 rings (SSSR count). The summed E-state index contributed by atoms with van der Waals surface area (Å²) < 4.78 is 10.00. The summed E-state index contributed by atoms with van der Waals surface area (Å²) in [7, 11) is 1.55. The number of nitrogens with zero attached hydrogens (tertiary/aromatic N) is 2. The number of amides is 1. The van der Waals surface area contributed by atoms with Crippen molar-refractivity contribution in [2.45, 2.75) is 19.1 Å². The van der Waals surface area contributed by atoms with Gasteiger partial charge in [0.25, 0.3) is 5.91 Å². The fraction of sp³-hybridized carbons (Fsp3) is 0.333. The van der Waals surface area contributed by atoms with Gasteiger partial charge in [0.1, 0.15) is 6.61 Å². The number of ether oxygens (including phenoxy) is 1. The van der Waals surface area contributed by atoms with Crippen molar-refractivity contribution >= 4 is 11.6 Å². The van der Waals surface area contributed by atoms with Crippen molar-refractivity contribution in [3.05, 3.63) is 47.3 Å². The number of carbonyl (C=O) groups is 1. The summed E-state index contributed by atoms with van der Waals surface area (Å²) in [5, 5.41) is 13.8. The van der Waals surface area contributed by atoms with Crippen molar-refractivity contribution in [2.75, 3.05) is 18.6 Å². The lowest BCUT2D eigenvalue weighted by molar-refractivity contribution is 0.0961. The number of aliphatic hydroxyl groups is 1. The van der Waals surface area contributed by atoms with E-state index in [0.717, 1.165) is 11.3 Å². The smallest absolute Gasteiger partial charge is 0.280 e. The number of hydrogen-bond acceptors (Lipinski definition) is 5. The fourth-order valence-corrected chi connectivity index (χ4v) is 2.52. The number of aromatic nitrogens is 1. The van der Waals surface area contributed by atoms with Gasteiger partial charge in [0.2, 0.25) is 0 Å². The van der Waals surface area contributed by atoms with E-state index in [1.54, 1.807) is 18.1 Å². The Labute approximate surface area is 121 Å². The number of carbonyl (C=O) groups excluding carboxylic acids is 1. The maximum Gasteiger partial charge on any atom is 0.280 e. The van der Waals surface area contributed by atoms with Crippen LogP contribution < -0.4 is 4.90 Å². The van der Waals surface area contributed by atoms with Gasteiger partial charge in [-0.05, 0) is 12.5 Å². The van der Waals surface area contributed by atoms with Gasteiger partial charge in [-0.25, -0.2) is 0 Å². The monoisotopic (exact) mass is 288 g/mol. The molecule has 6 nitrogen and oxygen atoms in total. The van der Waals surface area contributed by atoms with Crippen LogP contribution in [0.1, 0.15) is 34.3 Å². The number of methoxy groups -OCH3 is 1. The molecule has 0 radical (unpaired) electrons. The first-order chi connectivity index (χ1) is 10.2. The molecule has 0 saturated carbocycles. The van der Waals surface area contributed by atoms with Crippen LogP contribution in [-0.2, 0) is 11.3 Å². The van der Waals surface area contributed by atoms with Crippen LogP contribution in [-0.4, -0.2) is 29.8 Å². The highest BCUT2D eigenvalue weighted by Gasteiger charge is 2.29. The van der Waals surface area contributed by atoms with Gasteiger partial charge in [-0.15, -0.1) is 0 Å². The van der Waals surface area contributed by atoms with Crippen LogP contribution in [0.4, 0.5) is 5.69 Å². The first-order valence-corrected chi connectivity index (χ1v) is 6.74. The topological polar surface area (TPSA) is 75.8 Å². The van der Waals surface area contributed by atoms with E-state index in [9.17, 15) is 9.90 Å². The molecule has 0 aliphatic carbocycles. The molecule has 1 amide bonds. The van der Waals surface area contributed by atoms with Gasteiger partial charge in [0.05, 0.1) is 6.10 Å². The number of hydrogen-bond donors (Lipinski definition) is 1. The van der Waals surface area contributed by atoms with Crippen LogP contribution >= 0.6 is 0 Å². The Morgan fingerprint density at radius 2 is 2.33 bits per heavy atom. The van der Waals surface area contributed by atoms with Gasteiger partial charge in [0, 0.05) is 31.0 Å². The Kier molecular flexibility index (Phi) is 3.72. The molecular formula is C15H16N2O4. The predicted molar refractivity (Wildman–Crippen MR) is 74.9 cm³/mol. The van der Waals surface area contributed by atoms with E-state index < -0.39 is 6.10 Å². The van der Waals surface area contributed by atoms with Crippen molar-refractivity contribution in [1.29, 1.82) is 0 Å². The molecule has 0 fully saturated rings. The zero-order chi connectivity index (χ0) is 14.8. The summed E-state index contributed by atoms with van der Waals surface area (Å²) >= 11 is 0. The Balaban J connectivity index is 1.89. The first kappa shape index (κ1) is 13.8. The predicted octanol–water partition coefficient (Wildman–Crippen LogP) is 1.90. The highest BCUT2D eigenvalue weighted by Crippen LogP contribution is 2.34. The quantitative estimate of drug-likeness (QED) is 0.933. The number of fused-ring (bicyclic) bond motifs is 1. The summed E-state index contributed by atoms with van der Waals surface area (Å²) in [6.45, 7) is 0.721. The highest BCUT2D eigenvalue weighted by atomic mass is 16.5. The Morgan fingerprint density at radius 1 is 1.52 bits per heavy atom. The Hall–Kier alpha value is -2.18. The van der Waals surface area contributed by atoms with E-state index in [1.807, 2.05) is 24.3 Å². The van der Waals surface area contributed by atoms with Gasteiger partial charge in [-0.3, -0.25) is 4.79 Å². The minimum atomic E-state index is -0.536. The molecule has 0 spiro atoms. The summed E-state index contributed by atoms with van der Waals surface area (Å²) in [6, 6.07) is 8.93. The number of aliphatic hydroxyl groups excluding tert-OH is 1. The van der Waals surface area contributed by atoms with Crippen molar-refractivity contribution in [3.8, 4) is 0 Å². The zero-order valence-electron chi connectivity index (χ0n) is 11.7. The highest BCUT2D eigenvalue weighted by molar-refractivity contribution is 6.05. The van der Waals surface area contributed by atoms with E-state index in [4.69, 9.17) is 9.26 Å². The van der Waals surface area contributed by atoms with E-state index >= 15 is 0 Å². The molecule has 1 unspecified atom stereocenters. The molecule has 2 aromatic rings. The first-order valence-electron chi connectivity index (χ1n) is 6.74. The van der Waals surface area contributed by atoms with Gasteiger partial charge >= 0.3 is 0 Å². The fourth-order valence-electron chi connectivity index (χ4n) is 2.52. The van der Waals surface area contributed by atoms with Gasteiger partial charge in [-0.2, -0.15) is 0 Å². The molecule has 6 heteroatoms. The normalized spacial score (nSPS) is 17.6. The molecule has 1 aliphatic heterocycles. The second-order valence-corrected chi connectivity index (χ2v) is 4.93. The molecule has 1 N–H and O–H groups in total. The molecule has 2 heterocycles. The molecule has 1 atom stereocenters. The van der Waals surface area contributed by atoms with Crippen molar-refractivity contribution in [3.63, 3.8) is 0 Å². The maximum atomic E-state index is 12.6. The van der Waals surface area contributed by atoms with E-state index in [0.29, 0.717) is 18.7 Å². The third kappa shape index (κ3) is 2.55. The Bertz CT molecular complexity index is 653. The average molecular weight is 288 g/mol. The molecule has 110 valence electrons. The summed E-state index contributed by atoms with van der Waals surface area (Å²) in [6.07, 6.45) is -0.0301. The largest absolute Gasteiger partial charge is 0.388 e. The van der Waals surface area contributed by atoms with Crippen LogP contribution in [0, 0.1) is 0 Å². The van der Waals surface area contributed by atoms with Gasteiger partial charge in [-0.1, -0.05) is 23.4 Å². The summed E-state index contributed by atoms with van der Waals surface area (Å²) in [5.74, 6) is 0.270. The lowest BCUT2D eigenvalue weighted by atomic mass is 9.98. The molecule has 0 saturated heterocycles. The standard InChI is InChI=1S/C15H16N2O4/c1-20-9-10-8-12(16-21-10)15(19)17-7-6-14(18)11-4-2-3-5-13(11)17/h2-5,8,14,18H,6-7,9H2,1H3. The average Bonchev–Trinajstić information content (AvgIpc) is 2.96. The lowest BCUT2D eigenvalue weighted by Crippen LogP contribution is -2.36. The molecular weight excluding hydrogens is 272 g/mol. The maximum absolute atomic E-state index is 12.6. The van der Waals surface area contributed by atoms with Crippen LogP contribution in [0.5, 0.6) is 0 Å². The minimum Gasteiger partial charge on any atom is -0.388 e. The second-order valence-electron chi connectivity index (χ2n) is 4.93. The SMILES string of the molecule is COCc1cc(C(=O)N2CCC(O)c3ccccc32)no1. The zero-order valence-corrected chi connectivity index (χ0v) is 11.7. The third-order valence-electron chi connectivity index (χ3n) is 3.52. The van der Waals surface area contributed by atoms with E-state index in [2.05, 4.69) is 5.16 Å². The minimum absolute atomic E-state index is 0.236.